The van der Waals surface area contributed by atoms with Crippen molar-refractivity contribution in [2.24, 2.45) is 17.3 Å². The van der Waals surface area contributed by atoms with E-state index in [9.17, 15) is 4.79 Å². The molecule has 146 valence electrons. The van der Waals surface area contributed by atoms with Crippen LogP contribution in [0.3, 0.4) is 0 Å². The number of rotatable bonds is 4. The Morgan fingerprint density at radius 3 is 2.79 bits per heavy atom. The maximum atomic E-state index is 13.4. The standard InChI is InChI=1S/C21H24N4O3/c26-19(23-9-14-1-2-17-18(4-14)28-13-27-17)20-5-15-3-16(6-20)8-21(7-15,10-20)25-12-22-11-24-25/h1-2,4,11-12,15-16H,3,5-10,13H2,(H,23,26). The number of fused-ring (bicyclic) bond motifs is 1. The second kappa shape index (κ2) is 5.72. The number of aromatic nitrogens is 3. The van der Waals surface area contributed by atoms with Gasteiger partial charge in [0.25, 0.3) is 0 Å². The summed E-state index contributed by atoms with van der Waals surface area (Å²) < 4.78 is 12.9. The summed E-state index contributed by atoms with van der Waals surface area (Å²) in [5.74, 6) is 2.95. The summed E-state index contributed by atoms with van der Waals surface area (Å²) in [7, 11) is 0. The van der Waals surface area contributed by atoms with Crippen LogP contribution in [0.15, 0.2) is 30.9 Å². The molecular weight excluding hydrogens is 356 g/mol. The van der Waals surface area contributed by atoms with Gasteiger partial charge in [-0.05, 0) is 68.1 Å². The molecule has 1 amide bonds. The van der Waals surface area contributed by atoms with Crippen LogP contribution in [0.25, 0.3) is 0 Å². The molecule has 1 aromatic heterocycles. The summed E-state index contributed by atoms with van der Waals surface area (Å²) in [5, 5.41) is 7.70. The SMILES string of the molecule is O=C(NCc1ccc2c(c1)OCO2)C12CC3CC(C1)CC(n1cncn1)(C3)C2. The Bertz CT molecular complexity index is 912. The Hall–Kier alpha value is -2.57. The summed E-state index contributed by atoms with van der Waals surface area (Å²) in [6.45, 7) is 0.782. The Labute approximate surface area is 163 Å². The molecule has 4 bridgehead atoms. The highest BCUT2D eigenvalue weighted by Crippen LogP contribution is 2.64. The fraction of sp³-hybridized carbons (Fsp3) is 0.571. The van der Waals surface area contributed by atoms with Crippen LogP contribution >= 0.6 is 0 Å². The first kappa shape index (κ1) is 16.4. The van der Waals surface area contributed by atoms with E-state index in [-0.39, 0.29) is 23.7 Å². The molecule has 7 heteroatoms. The molecule has 4 aliphatic carbocycles. The molecule has 5 aliphatic rings. The number of hydrogen-bond donors (Lipinski definition) is 1. The number of nitrogens with zero attached hydrogens (tertiary/aromatic N) is 3. The maximum absolute atomic E-state index is 13.4. The summed E-state index contributed by atoms with van der Waals surface area (Å²) >= 11 is 0. The number of hydrogen-bond acceptors (Lipinski definition) is 5. The first-order valence-electron chi connectivity index (χ1n) is 10.2. The molecule has 4 fully saturated rings. The molecule has 7 rings (SSSR count). The zero-order chi connectivity index (χ0) is 18.8. The van der Waals surface area contributed by atoms with Gasteiger partial charge in [0.05, 0.1) is 11.0 Å². The predicted octanol–water partition coefficient (Wildman–Crippen LogP) is 2.62. The van der Waals surface area contributed by atoms with E-state index in [4.69, 9.17) is 9.47 Å². The van der Waals surface area contributed by atoms with Gasteiger partial charge in [-0.15, -0.1) is 0 Å². The van der Waals surface area contributed by atoms with E-state index in [1.54, 1.807) is 6.33 Å². The van der Waals surface area contributed by atoms with Crippen molar-refractivity contribution in [1.82, 2.24) is 20.1 Å². The first-order valence-corrected chi connectivity index (χ1v) is 10.2. The van der Waals surface area contributed by atoms with E-state index in [0.717, 1.165) is 49.2 Å². The summed E-state index contributed by atoms with van der Waals surface area (Å²) in [6.07, 6.45) is 9.86. The summed E-state index contributed by atoms with van der Waals surface area (Å²) in [6, 6.07) is 5.86. The van der Waals surface area contributed by atoms with Crippen molar-refractivity contribution < 1.29 is 14.3 Å². The minimum absolute atomic E-state index is 0.0311. The Morgan fingerprint density at radius 2 is 2.00 bits per heavy atom. The molecule has 1 aliphatic heterocycles. The summed E-state index contributed by atoms with van der Waals surface area (Å²) in [4.78, 5) is 17.6. The Kier molecular flexibility index (Phi) is 3.35. The largest absolute Gasteiger partial charge is 0.454 e. The predicted molar refractivity (Wildman–Crippen MR) is 99.5 cm³/mol. The highest BCUT2D eigenvalue weighted by molar-refractivity contribution is 5.83. The van der Waals surface area contributed by atoms with Gasteiger partial charge in [0.2, 0.25) is 12.7 Å². The molecule has 2 heterocycles. The highest BCUT2D eigenvalue weighted by atomic mass is 16.7. The van der Waals surface area contributed by atoms with E-state index >= 15 is 0 Å². The third-order valence-corrected chi connectivity index (χ3v) is 7.31. The van der Waals surface area contributed by atoms with Crippen LogP contribution in [-0.4, -0.2) is 27.5 Å². The lowest BCUT2D eigenvalue weighted by Crippen LogP contribution is -2.60. The lowest BCUT2D eigenvalue weighted by Gasteiger charge is -2.60. The van der Waals surface area contributed by atoms with Crippen LogP contribution < -0.4 is 14.8 Å². The Balaban J connectivity index is 1.23. The highest BCUT2D eigenvalue weighted by Gasteiger charge is 2.61. The zero-order valence-corrected chi connectivity index (χ0v) is 15.8. The van der Waals surface area contributed by atoms with E-state index in [2.05, 4.69) is 15.4 Å². The number of carbonyl (C=O) groups excluding carboxylic acids is 1. The third-order valence-electron chi connectivity index (χ3n) is 7.31. The Morgan fingerprint density at radius 1 is 1.18 bits per heavy atom. The second-order valence-electron chi connectivity index (χ2n) is 9.18. The number of amides is 1. The number of carbonyl (C=O) groups is 1. The monoisotopic (exact) mass is 380 g/mol. The van der Waals surface area contributed by atoms with Crippen molar-refractivity contribution in [2.75, 3.05) is 6.79 Å². The molecule has 2 unspecified atom stereocenters. The number of benzene rings is 1. The van der Waals surface area contributed by atoms with Gasteiger partial charge in [-0.1, -0.05) is 6.07 Å². The van der Waals surface area contributed by atoms with Crippen molar-refractivity contribution in [1.29, 1.82) is 0 Å². The molecule has 0 spiro atoms. The minimum Gasteiger partial charge on any atom is -0.454 e. The van der Waals surface area contributed by atoms with E-state index in [1.165, 1.54) is 6.42 Å². The smallest absolute Gasteiger partial charge is 0.231 e. The third kappa shape index (κ3) is 2.38. The van der Waals surface area contributed by atoms with Gasteiger partial charge >= 0.3 is 0 Å². The molecule has 4 saturated carbocycles. The first-order chi connectivity index (χ1) is 13.6. The van der Waals surface area contributed by atoms with Crippen LogP contribution in [0, 0.1) is 17.3 Å². The van der Waals surface area contributed by atoms with Gasteiger partial charge in [-0.25, -0.2) is 9.67 Å². The van der Waals surface area contributed by atoms with Crippen molar-refractivity contribution in [3.8, 4) is 11.5 Å². The second-order valence-corrected chi connectivity index (χ2v) is 9.18. The molecule has 28 heavy (non-hydrogen) atoms. The molecule has 0 radical (unpaired) electrons. The molecule has 1 N–H and O–H groups in total. The zero-order valence-electron chi connectivity index (χ0n) is 15.8. The van der Waals surface area contributed by atoms with Crippen LogP contribution in [-0.2, 0) is 16.9 Å². The summed E-state index contributed by atoms with van der Waals surface area (Å²) in [5.41, 5.74) is 0.733. The average Bonchev–Trinajstić information content (AvgIpc) is 3.36. The molecule has 2 atom stereocenters. The average molecular weight is 380 g/mol. The van der Waals surface area contributed by atoms with Gasteiger partial charge in [0.1, 0.15) is 12.7 Å². The molecular formula is C21H24N4O3. The molecule has 0 saturated heterocycles. The maximum Gasteiger partial charge on any atom is 0.231 e. The normalized spacial score (nSPS) is 34.6. The lowest BCUT2D eigenvalue weighted by atomic mass is 9.46. The molecule has 7 nitrogen and oxygen atoms in total. The van der Waals surface area contributed by atoms with Crippen LogP contribution in [0.1, 0.15) is 44.1 Å². The molecule has 1 aromatic carbocycles. The van der Waals surface area contributed by atoms with Crippen molar-refractivity contribution in [3.63, 3.8) is 0 Å². The molecule has 2 aromatic rings. The van der Waals surface area contributed by atoms with E-state index in [1.807, 2.05) is 29.2 Å². The minimum atomic E-state index is -0.271. The number of ether oxygens (including phenoxy) is 2. The quantitative estimate of drug-likeness (QED) is 0.882. The van der Waals surface area contributed by atoms with Crippen LogP contribution in [0.4, 0.5) is 0 Å². The fourth-order valence-corrected chi connectivity index (χ4v) is 6.62. The topological polar surface area (TPSA) is 78.3 Å². The van der Waals surface area contributed by atoms with E-state index < -0.39 is 0 Å². The van der Waals surface area contributed by atoms with Gasteiger partial charge in [0, 0.05) is 6.54 Å². The van der Waals surface area contributed by atoms with Crippen molar-refractivity contribution in [3.05, 3.63) is 36.4 Å². The van der Waals surface area contributed by atoms with Gasteiger partial charge < -0.3 is 14.8 Å². The van der Waals surface area contributed by atoms with Crippen molar-refractivity contribution >= 4 is 5.91 Å². The fourth-order valence-electron chi connectivity index (χ4n) is 6.62. The van der Waals surface area contributed by atoms with E-state index in [0.29, 0.717) is 18.4 Å². The van der Waals surface area contributed by atoms with Crippen molar-refractivity contribution in [2.45, 2.75) is 50.6 Å². The number of nitrogens with one attached hydrogen (secondary N) is 1. The van der Waals surface area contributed by atoms with Crippen LogP contribution in [0.2, 0.25) is 0 Å². The van der Waals surface area contributed by atoms with Gasteiger partial charge in [0.15, 0.2) is 11.5 Å². The lowest BCUT2D eigenvalue weighted by molar-refractivity contribution is -0.156. The van der Waals surface area contributed by atoms with Crippen LogP contribution in [0.5, 0.6) is 11.5 Å². The van der Waals surface area contributed by atoms with Gasteiger partial charge in [-0.3, -0.25) is 4.79 Å². The van der Waals surface area contributed by atoms with Gasteiger partial charge in [-0.2, -0.15) is 5.10 Å².